The Bertz CT molecular complexity index is 3940. The lowest BCUT2D eigenvalue weighted by Gasteiger charge is -2.13. The summed E-state index contributed by atoms with van der Waals surface area (Å²) in [5, 5.41) is 9.47. The van der Waals surface area contributed by atoms with Gasteiger partial charge in [-0.05, 0) is 92.3 Å². The van der Waals surface area contributed by atoms with Gasteiger partial charge in [0.1, 0.15) is 0 Å². The summed E-state index contributed by atoms with van der Waals surface area (Å²) in [7, 11) is 0. The first-order chi connectivity index (χ1) is 31.7. The smallest absolute Gasteiger partial charge is 0.238 e. The quantitative estimate of drug-likeness (QED) is 0.168. The standard InChI is InChI=1S/C59H37N5/c1-3-14-38(15-4-1)40-26-28-41(29-27-40)57-60-58(47-23-13-22-42(32-47)39-16-5-2-6-17-39)62-59(61-57)64-55-36-46-21-10-8-19-44(46)34-52(55)50-31-30-48(37-56(50)64)63-53-25-12-11-24-49(53)51-33-43-18-7-9-20-45(43)35-54(51)63/h1-37H. The Morgan fingerprint density at radius 2 is 0.719 bits per heavy atom. The third kappa shape index (κ3) is 5.90. The van der Waals surface area contributed by atoms with Crippen LogP contribution < -0.4 is 0 Å². The molecule has 3 heterocycles. The van der Waals surface area contributed by atoms with Gasteiger partial charge in [-0.15, -0.1) is 0 Å². The minimum atomic E-state index is 0.554. The van der Waals surface area contributed by atoms with Crippen LogP contribution in [-0.2, 0) is 0 Å². The molecule has 64 heavy (non-hydrogen) atoms. The van der Waals surface area contributed by atoms with E-state index in [1.54, 1.807) is 0 Å². The molecule has 0 aliphatic heterocycles. The summed E-state index contributed by atoms with van der Waals surface area (Å²) in [6.07, 6.45) is 0. The molecule has 13 aromatic rings. The van der Waals surface area contributed by atoms with Crippen molar-refractivity contribution in [2.45, 2.75) is 0 Å². The SMILES string of the molecule is c1ccc(-c2ccc(-c3nc(-c4cccc(-c5ccccc5)c4)nc(-n4c5cc(-n6c7ccccc7c7cc8ccccc8cc76)ccc5c5cc6ccccc6cc54)n3)cc2)cc1. The van der Waals surface area contributed by atoms with Crippen molar-refractivity contribution in [3.63, 3.8) is 0 Å². The number of hydrogen-bond donors (Lipinski definition) is 0. The predicted molar refractivity (Wildman–Crippen MR) is 265 cm³/mol. The molecular weight excluding hydrogens is 779 g/mol. The summed E-state index contributed by atoms with van der Waals surface area (Å²) in [4.78, 5) is 16.1. The largest absolute Gasteiger partial charge is 0.309 e. The Balaban J connectivity index is 1.09. The molecule has 298 valence electrons. The van der Waals surface area contributed by atoms with E-state index in [1.807, 2.05) is 12.1 Å². The summed E-state index contributed by atoms with van der Waals surface area (Å²) in [5.41, 5.74) is 11.8. The molecule has 13 rings (SSSR count). The first-order valence-corrected chi connectivity index (χ1v) is 21.7. The zero-order valence-electron chi connectivity index (χ0n) is 34.6. The molecule has 3 aromatic heterocycles. The third-order valence-electron chi connectivity index (χ3n) is 12.7. The minimum Gasteiger partial charge on any atom is -0.309 e. The lowest BCUT2D eigenvalue weighted by Crippen LogP contribution is -2.07. The average Bonchev–Trinajstić information content (AvgIpc) is 3.86. The number of nitrogens with zero attached hydrogens (tertiary/aromatic N) is 5. The Labute approximate surface area is 368 Å². The molecule has 0 aliphatic rings. The molecule has 0 unspecified atom stereocenters. The van der Waals surface area contributed by atoms with Gasteiger partial charge in [-0.1, -0.05) is 176 Å². The second-order valence-electron chi connectivity index (χ2n) is 16.5. The normalized spacial score (nSPS) is 11.8. The molecular formula is C59H37N5. The van der Waals surface area contributed by atoms with Crippen LogP contribution in [-0.4, -0.2) is 24.1 Å². The molecule has 0 aliphatic carbocycles. The predicted octanol–water partition coefficient (Wildman–Crippen LogP) is 15.0. The van der Waals surface area contributed by atoms with Crippen molar-refractivity contribution in [1.82, 2.24) is 24.1 Å². The van der Waals surface area contributed by atoms with Crippen molar-refractivity contribution in [2.75, 3.05) is 0 Å². The van der Waals surface area contributed by atoms with E-state index in [2.05, 4.69) is 221 Å². The molecule has 0 spiro atoms. The van der Waals surface area contributed by atoms with E-state index >= 15 is 0 Å². The molecule has 5 nitrogen and oxygen atoms in total. The minimum absolute atomic E-state index is 0.554. The van der Waals surface area contributed by atoms with E-state index in [9.17, 15) is 0 Å². The highest BCUT2D eigenvalue weighted by molar-refractivity contribution is 6.16. The molecule has 0 bridgehead atoms. The molecule has 0 fully saturated rings. The summed E-state index contributed by atoms with van der Waals surface area (Å²) in [5.74, 6) is 1.76. The lowest BCUT2D eigenvalue weighted by molar-refractivity contribution is 0.953. The van der Waals surface area contributed by atoms with Crippen LogP contribution in [0.15, 0.2) is 224 Å². The van der Waals surface area contributed by atoms with Gasteiger partial charge in [-0.3, -0.25) is 4.57 Å². The van der Waals surface area contributed by atoms with E-state index in [0.29, 0.717) is 17.6 Å². The maximum atomic E-state index is 5.41. The summed E-state index contributed by atoms with van der Waals surface area (Å²) in [6, 6.07) is 80.0. The molecule has 5 heteroatoms. The van der Waals surface area contributed by atoms with Crippen molar-refractivity contribution >= 4 is 65.2 Å². The number of fused-ring (bicyclic) bond motifs is 8. The van der Waals surface area contributed by atoms with Gasteiger partial charge in [0.15, 0.2) is 11.6 Å². The van der Waals surface area contributed by atoms with Crippen LogP contribution in [0.3, 0.4) is 0 Å². The Morgan fingerprint density at radius 3 is 1.39 bits per heavy atom. The van der Waals surface area contributed by atoms with Crippen molar-refractivity contribution in [3.8, 4) is 56.7 Å². The molecule has 0 saturated heterocycles. The van der Waals surface area contributed by atoms with Gasteiger partial charge in [-0.2, -0.15) is 9.97 Å². The number of hydrogen-bond acceptors (Lipinski definition) is 3. The van der Waals surface area contributed by atoms with Gasteiger partial charge in [0.25, 0.3) is 0 Å². The van der Waals surface area contributed by atoms with Crippen LogP contribution in [0.2, 0.25) is 0 Å². The number of para-hydroxylation sites is 1. The van der Waals surface area contributed by atoms with Crippen LogP contribution in [0.4, 0.5) is 0 Å². The topological polar surface area (TPSA) is 48.5 Å². The Kier molecular flexibility index (Phi) is 8.15. The summed E-state index contributed by atoms with van der Waals surface area (Å²) < 4.78 is 4.65. The van der Waals surface area contributed by atoms with Crippen molar-refractivity contribution in [1.29, 1.82) is 0 Å². The van der Waals surface area contributed by atoms with E-state index in [4.69, 9.17) is 15.0 Å². The monoisotopic (exact) mass is 815 g/mol. The molecule has 0 atom stereocenters. The Hall–Kier alpha value is -8.67. The van der Waals surface area contributed by atoms with Crippen LogP contribution in [0.25, 0.3) is 122 Å². The molecule has 10 aromatic carbocycles. The van der Waals surface area contributed by atoms with Gasteiger partial charge >= 0.3 is 0 Å². The van der Waals surface area contributed by atoms with E-state index < -0.39 is 0 Å². The number of rotatable bonds is 6. The van der Waals surface area contributed by atoms with Crippen molar-refractivity contribution in [2.24, 2.45) is 0 Å². The highest BCUT2D eigenvalue weighted by Gasteiger charge is 2.21. The zero-order chi connectivity index (χ0) is 42.1. The summed E-state index contributed by atoms with van der Waals surface area (Å²) >= 11 is 0. The van der Waals surface area contributed by atoms with Gasteiger partial charge in [0.05, 0.1) is 22.1 Å². The van der Waals surface area contributed by atoms with Crippen molar-refractivity contribution in [3.05, 3.63) is 224 Å². The van der Waals surface area contributed by atoms with E-state index in [-0.39, 0.29) is 0 Å². The highest BCUT2D eigenvalue weighted by atomic mass is 15.2. The van der Waals surface area contributed by atoms with Crippen LogP contribution in [0.5, 0.6) is 0 Å². The third-order valence-corrected chi connectivity index (χ3v) is 12.7. The molecule has 0 amide bonds. The van der Waals surface area contributed by atoms with Gasteiger partial charge in [-0.25, -0.2) is 4.98 Å². The Morgan fingerprint density at radius 1 is 0.250 bits per heavy atom. The van der Waals surface area contributed by atoms with Crippen LogP contribution in [0.1, 0.15) is 0 Å². The number of benzene rings is 10. The fourth-order valence-corrected chi connectivity index (χ4v) is 9.61. The average molecular weight is 816 g/mol. The van der Waals surface area contributed by atoms with Crippen molar-refractivity contribution < 1.29 is 0 Å². The lowest BCUT2D eigenvalue weighted by atomic mass is 10.0. The van der Waals surface area contributed by atoms with Gasteiger partial charge in [0, 0.05) is 38.4 Å². The van der Waals surface area contributed by atoms with E-state index in [1.165, 1.54) is 26.9 Å². The molecule has 0 radical (unpaired) electrons. The van der Waals surface area contributed by atoms with Crippen LogP contribution in [0, 0.1) is 0 Å². The zero-order valence-corrected chi connectivity index (χ0v) is 34.6. The second-order valence-corrected chi connectivity index (χ2v) is 16.5. The molecule has 0 saturated carbocycles. The van der Waals surface area contributed by atoms with E-state index in [0.717, 1.165) is 77.3 Å². The second kappa shape index (κ2) is 14.5. The summed E-state index contributed by atoms with van der Waals surface area (Å²) in [6.45, 7) is 0. The fourth-order valence-electron chi connectivity index (χ4n) is 9.61. The first-order valence-electron chi connectivity index (χ1n) is 21.7. The highest BCUT2D eigenvalue weighted by Crippen LogP contribution is 2.40. The van der Waals surface area contributed by atoms with Crippen LogP contribution >= 0.6 is 0 Å². The maximum absolute atomic E-state index is 5.41. The van der Waals surface area contributed by atoms with Gasteiger partial charge in [0.2, 0.25) is 5.95 Å². The number of aromatic nitrogens is 5. The van der Waals surface area contributed by atoms with Gasteiger partial charge < -0.3 is 4.57 Å². The first kappa shape index (κ1) is 36.0. The molecule has 0 N–H and O–H groups in total. The fraction of sp³-hybridized carbons (Fsp3) is 0. The maximum Gasteiger partial charge on any atom is 0.238 e.